The summed E-state index contributed by atoms with van der Waals surface area (Å²) in [6.07, 6.45) is 0. The fourth-order valence-corrected chi connectivity index (χ4v) is 3.79. The summed E-state index contributed by atoms with van der Waals surface area (Å²) in [6.45, 7) is 6.89. The van der Waals surface area contributed by atoms with Gasteiger partial charge in [0.05, 0.1) is 5.39 Å². The van der Waals surface area contributed by atoms with Crippen molar-refractivity contribution >= 4 is 32.2 Å². The first-order valence-electron chi connectivity index (χ1n) is 7.35. The SMILES string of the molecule is CCN(c1ccccc1)c1nc(=O)c2cc(C)cc(C)c2s1. The molecule has 3 nitrogen and oxygen atoms in total. The van der Waals surface area contributed by atoms with E-state index in [1.54, 1.807) is 11.3 Å². The molecule has 0 saturated heterocycles. The van der Waals surface area contributed by atoms with Gasteiger partial charge in [-0.3, -0.25) is 4.79 Å². The van der Waals surface area contributed by atoms with Crippen LogP contribution >= 0.6 is 11.3 Å². The molecule has 1 aromatic heterocycles. The molecule has 0 N–H and O–H groups in total. The molecule has 1 heterocycles. The third-order valence-electron chi connectivity index (χ3n) is 3.65. The molecule has 0 atom stereocenters. The van der Waals surface area contributed by atoms with E-state index in [1.807, 2.05) is 50.2 Å². The molecule has 0 unspecified atom stereocenters. The Morgan fingerprint density at radius 2 is 1.86 bits per heavy atom. The smallest absolute Gasteiger partial charge is 0.281 e. The highest BCUT2D eigenvalue weighted by molar-refractivity contribution is 7.22. The Balaban J connectivity index is 2.21. The lowest BCUT2D eigenvalue weighted by atomic mass is 10.1. The highest BCUT2D eigenvalue weighted by Gasteiger charge is 2.13. The van der Waals surface area contributed by atoms with E-state index in [1.165, 1.54) is 0 Å². The Hall–Kier alpha value is -2.20. The van der Waals surface area contributed by atoms with Crippen LogP contribution in [0.15, 0.2) is 47.3 Å². The standard InChI is InChI=1S/C18H18N2OS/c1-4-20(14-8-6-5-7-9-14)18-19-17(21)15-11-12(2)10-13(3)16(15)22-18/h5-11H,4H2,1-3H3. The van der Waals surface area contributed by atoms with Gasteiger partial charge in [-0.05, 0) is 50.1 Å². The molecule has 3 rings (SSSR count). The van der Waals surface area contributed by atoms with Gasteiger partial charge in [0.2, 0.25) is 0 Å². The van der Waals surface area contributed by atoms with Gasteiger partial charge in [-0.2, -0.15) is 4.98 Å². The molecule has 112 valence electrons. The maximum Gasteiger partial charge on any atom is 0.281 e. The van der Waals surface area contributed by atoms with Crippen LogP contribution in [-0.2, 0) is 0 Å². The Labute approximate surface area is 133 Å². The van der Waals surface area contributed by atoms with Crippen molar-refractivity contribution < 1.29 is 0 Å². The van der Waals surface area contributed by atoms with Gasteiger partial charge in [-0.25, -0.2) is 0 Å². The summed E-state index contributed by atoms with van der Waals surface area (Å²) in [7, 11) is 0. The third-order valence-corrected chi connectivity index (χ3v) is 4.90. The molecule has 0 aliphatic rings. The number of anilines is 2. The number of hydrogen-bond donors (Lipinski definition) is 0. The van der Waals surface area contributed by atoms with Gasteiger partial charge in [0, 0.05) is 16.9 Å². The number of hydrogen-bond acceptors (Lipinski definition) is 4. The second kappa shape index (κ2) is 5.89. The van der Waals surface area contributed by atoms with E-state index in [0.717, 1.165) is 38.6 Å². The number of nitrogens with zero attached hydrogens (tertiary/aromatic N) is 2. The van der Waals surface area contributed by atoms with Crippen LogP contribution in [0.5, 0.6) is 0 Å². The lowest BCUT2D eigenvalue weighted by molar-refractivity contribution is 1.00. The molecule has 0 amide bonds. The fourth-order valence-electron chi connectivity index (χ4n) is 2.66. The van der Waals surface area contributed by atoms with E-state index in [9.17, 15) is 4.79 Å². The van der Waals surface area contributed by atoms with Crippen molar-refractivity contribution in [2.24, 2.45) is 0 Å². The zero-order valence-corrected chi connectivity index (χ0v) is 13.8. The predicted octanol–water partition coefficient (Wildman–Crippen LogP) is 4.43. The second-order valence-electron chi connectivity index (χ2n) is 5.34. The summed E-state index contributed by atoms with van der Waals surface area (Å²) in [5.41, 5.74) is 3.13. The molecule has 0 aliphatic heterocycles. The highest BCUT2D eigenvalue weighted by Crippen LogP contribution is 2.31. The van der Waals surface area contributed by atoms with Gasteiger partial charge in [-0.15, -0.1) is 0 Å². The summed E-state index contributed by atoms with van der Waals surface area (Å²) in [5.74, 6) is 0. The average Bonchev–Trinajstić information content (AvgIpc) is 2.50. The quantitative estimate of drug-likeness (QED) is 0.717. The monoisotopic (exact) mass is 310 g/mol. The average molecular weight is 310 g/mol. The molecular weight excluding hydrogens is 292 g/mol. The summed E-state index contributed by atoms with van der Waals surface area (Å²) in [5, 5.41) is 1.47. The first kappa shape index (κ1) is 14.7. The minimum Gasteiger partial charge on any atom is -0.318 e. The Morgan fingerprint density at radius 1 is 1.14 bits per heavy atom. The lowest BCUT2D eigenvalue weighted by Crippen LogP contribution is -2.20. The van der Waals surface area contributed by atoms with Gasteiger partial charge in [0.1, 0.15) is 0 Å². The molecule has 2 aromatic carbocycles. The topological polar surface area (TPSA) is 33.2 Å². The Kier molecular flexibility index (Phi) is 3.94. The summed E-state index contributed by atoms with van der Waals surface area (Å²) in [6, 6.07) is 14.1. The van der Waals surface area contributed by atoms with Crippen LogP contribution in [0, 0.1) is 13.8 Å². The van der Waals surface area contributed by atoms with E-state index in [4.69, 9.17) is 0 Å². The van der Waals surface area contributed by atoms with E-state index >= 15 is 0 Å². The molecule has 4 heteroatoms. The first-order valence-corrected chi connectivity index (χ1v) is 8.16. The third kappa shape index (κ3) is 2.62. The molecule has 3 aromatic rings. The highest BCUT2D eigenvalue weighted by atomic mass is 32.1. The van der Waals surface area contributed by atoms with Crippen LogP contribution < -0.4 is 10.5 Å². The normalized spacial score (nSPS) is 10.9. The zero-order valence-electron chi connectivity index (χ0n) is 13.0. The first-order chi connectivity index (χ1) is 10.6. The predicted molar refractivity (Wildman–Crippen MR) is 94.5 cm³/mol. The van der Waals surface area contributed by atoms with Gasteiger partial charge >= 0.3 is 0 Å². The van der Waals surface area contributed by atoms with Crippen LogP contribution in [0.3, 0.4) is 0 Å². The molecular formula is C18H18N2OS. The van der Waals surface area contributed by atoms with Crippen LogP contribution in [-0.4, -0.2) is 11.5 Å². The minimum atomic E-state index is -0.148. The summed E-state index contributed by atoms with van der Waals surface area (Å²) < 4.78 is 1.02. The van der Waals surface area contributed by atoms with Crippen molar-refractivity contribution in [1.29, 1.82) is 0 Å². The van der Waals surface area contributed by atoms with Crippen LogP contribution in [0.4, 0.5) is 10.8 Å². The molecule has 0 bridgehead atoms. The number of aryl methyl sites for hydroxylation is 2. The van der Waals surface area contributed by atoms with Crippen molar-refractivity contribution in [2.45, 2.75) is 20.8 Å². The van der Waals surface area contributed by atoms with E-state index < -0.39 is 0 Å². The van der Waals surface area contributed by atoms with Crippen molar-refractivity contribution in [3.05, 3.63) is 63.9 Å². The fraction of sp³-hybridized carbons (Fsp3) is 0.222. The largest absolute Gasteiger partial charge is 0.318 e. The Bertz CT molecular complexity index is 871. The van der Waals surface area contributed by atoms with Crippen LogP contribution in [0.2, 0.25) is 0 Å². The maximum atomic E-state index is 12.4. The van der Waals surface area contributed by atoms with Crippen LogP contribution in [0.1, 0.15) is 18.1 Å². The van der Waals surface area contributed by atoms with E-state index in [0.29, 0.717) is 0 Å². The van der Waals surface area contributed by atoms with Crippen molar-refractivity contribution in [3.63, 3.8) is 0 Å². The summed E-state index contributed by atoms with van der Waals surface area (Å²) in [4.78, 5) is 18.8. The zero-order chi connectivity index (χ0) is 15.7. The lowest BCUT2D eigenvalue weighted by Gasteiger charge is -2.21. The molecule has 0 radical (unpaired) electrons. The van der Waals surface area contributed by atoms with Gasteiger partial charge < -0.3 is 4.90 Å². The second-order valence-corrected chi connectivity index (χ2v) is 6.32. The minimum absolute atomic E-state index is 0.148. The number of benzene rings is 2. The van der Waals surface area contributed by atoms with Gasteiger partial charge in [0.25, 0.3) is 5.56 Å². The number of aromatic nitrogens is 1. The maximum absolute atomic E-state index is 12.4. The number of para-hydroxylation sites is 1. The molecule has 22 heavy (non-hydrogen) atoms. The van der Waals surface area contributed by atoms with E-state index in [-0.39, 0.29) is 5.56 Å². The van der Waals surface area contributed by atoms with Gasteiger partial charge in [0.15, 0.2) is 5.13 Å². The molecule has 0 aliphatic carbocycles. The molecule has 0 saturated carbocycles. The Morgan fingerprint density at radius 3 is 2.55 bits per heavy atom. The summed E-state index contributed by atoms with van der Waals surface area (Å²) >= 11 is 1.58. The van der Waals surface area contributed by atoms with E-state index in [2.05, 4.69) is 22.9 Å². The van der Waals surface area contributed by atoms with Crippen molar-refractivity contribution in [3.8, 4) is 0 Å². The van der Waals surface area contributed by atoms with Crippen LogP contribution in [0.25, 0.3) is 10.1 Å². The van der Waals surface area contributed by atoms with Crippen molar-refractivity contribution in [2.75, 3.05) is 11.4 Å². The number of rotatable bonds is 3. The van der Waals surface area contributed by atoms with Gasteiger partial charge in [-0.1, -0.05) is 35.6 Å². The number of fused-ring (bicyclic) bond motifs is 1. The molecule has 0 fully saturated rings. The molecule has 0 spiro atoms. The van der Waals surface area contributed by atoms with Crippen molar-refractivity contribution in [1.82, 2.24) is 4.98 Å².